The van der Waals surface area contributed by atoms with Gasteiger partial charge < -0.3 is 5.32 Å². The van der Waals surface area contributed by atoms with Gasteiger partial charge in [0, 0.05) is 30.4 Å². The van der Waals surface area contributed by atoms with Gasteiger partial charge in [-0.3, -0.25) is 4.98 Å². The van der Waals surface area contributed by atoms with Crippen molar-refractivity contribution in [3.05, 3.63) is 71.2 Å². The fourth-order valence-electron chi connectivity index (χ4n) is 3.12. The van der Waals surface area contributed by atoms with Gasteiger partial charge in [-0.2, -0.15) is 5.10 Å². The number of pyridine rings is 1. The Morgan fingerprint density at radius 3 is 2.74 bits per heavy atom. The molecule has 4 rings (SSSR count). The van der Waals surface area contributed by atoms with Gasteiger partial charge in [-0.05, 0) is 42.7 Å². The highest BCUT2D eigenvalue weighted by atomic mass is 15.3. The molecule has 23 heavy (non-hydrogen) atoms. The van der Waals surface area contributed by atoms with Gasteiger partial charge in [0.1, 0.15) is 5.82 Å². The van der Waals surface area contributed by atoms with Crippen LogP contribution in [0.4, 0.5) is 5.82 Å². The molecule has 0 saturated carbocycles. The molecule has 3 aromatic rings. The van der Waals surface area contributed by atoms with Gasteiger partial charge in [-0.1, -0.05) is 25.1 Å². The summed E-state index contributed by atoms with van der Waals surface area (Å²) in [5, 5.41) is 8.35. The zero-order valence-corrected chi connectivity index (χ0v) is 13.3. The van der Waals surface area contributed by atoms with E-state index in [1.165, 1.54) is 11.1 Å². The van der Waals surface area contributed by atoms with Gasteiger partial charge in [0.25, 0.3) is 0 Å². The van der Waals surface area contributed by atoms with Crippen molar-refractivity contribution >= 4 is 5.82 Å². The number of hydrogen-bond acceptors (Lipinski definition) is 3. The maximum absolute atomic E-state index is 4.87. The third-order valence-corrected chi connectivity index (χ3v) is 4.40. The van der Waals surface area contributed by atoms with E-state index in [4.69, 9.17) is 5.10 Å². The molecule has 0 aliphatic carbocycles. The molecule has 1 aliphatic heterocycles. The van der Waals surface area contributed by atoms with Crippen LogP contribution in [0.25, 0.3) is 5.69 Å². The number of benzene rings is 1. The summed E-state index contributed by atoms with van der Waals surface area (Å²) >= 11 is 0. The number of rotatable bonds is 4. The van der Waals surface area contributed by atoms with Crippen LogP contribution in [0, 0.1) is 0 Å². The molecule has 1 aromatic carbocycles. The van der Waals surface area contributed by atoms with Crippen molar-refractivity contribution in [3.8, 4) is 5.69 Å². The minimum Gasteiger partial charge on any atom is -0.369 e. The Morgan fingerprint density at radius 1 is 1.13 bits per heavy atom. The molecule has 0 radical (unpaired) electrons. The molecular formula is C19H20N4. The number of aryl methyl sites for hydroxylation is 1. The van der Waals surface area contributed by atoms with Crippen molar-refractivity contribution in [3.63, 3.8) is 0 Å². The standard InChI is InChI=1S/C19H20N4/c1-2-14-6-8-16(9-7-14)23-19-17(10-12-21-19)18(22-23)13-15-5-3-4-11-20-15/h3-9,11,21H,2,10,12-13H2,1H3. The first-order valence-electron chi connectivity index (χ1n) is 8.19. The summed E-state index contributed by atoms with van der Waals surface area (Å²) in [7, 11) is 0. The van der Waals surface area contributed by atoms with E-state index in [2.05, 4.69) is 47.6 Å². The Morgan fingerprint density at radius 2 is 2.00 bits per heavy atom. The molecule has 2 aromatic heterocycles. The lowest BCUT2D eigenvalue weighted by molar-refractivity contribution is 0.833. The van der Waals surface area contributed by atoms with E-state index in [1.807, 2.05) is 23.0 Å². The van der Waals surface area contributed by atoms with Gasteiger partial charge in [0.2, 0.25) is 0 Å². The van der Waals surface area contributed by atoms with Crippen LogP contribution in [-0.4, -0.2) is 21.3 Å². The second-order valence-corrected chi connectivity index (χ2v) is 5.88. The van der Waals surface area contributed by atoms with E-state index in [9.17, 15) is 0 Å². The van der Waals surface area contributed by atoms with E-state index >= 15 is 0 Å². The van der Waals surface area contributed by atoms with Crippen LogP contribution in [-0.2, 0) is 19.3 Å². The predicted octanol–water partition coefficient (Wildman–Crippen LogP) is 3.39. The third kappa shape index (κ3) is 2.61. The molecule has 116 valence electrons. The first kappa shape index (κ1) is 14.0. The van der Waals surface area contributed by atoms with E-state index in [0.717, 1.165) is 48.7 Å². The highest BCUT2D eigenvalue weighted by Gasteiger charge is 2.23. The summed E-state index contributed by atoms with van der Waals surface area (Å²) in [6.45, 7) is 3.16. The Kier molecular flexibility index (Phi) is 3.58. The largest absolute Gasteiger partial charge is 0.369 e. The van der Waals surface area contributed by atoms with Crippen LogP contribution in [0.3, 0.4) is 0 Å². The maximum Gasteiger partial charge on any atom is 0.133 e. The molecule has 3 heterocycles. The molecule has 4 heteroatoms. The van der Waals surface area contributed by atoms with E-state index < -0.39 is 0 Å². The van der Waals surface area contributed by atoms with Gasteiger partial charge in [-0.15, -0.1) is 0 Å². The third-order valence-electron chi connectivity index (χ3n) is 4.40. The van der Waals surface area contributed by atoms with Gasteiger partial charge >= 0.3 is 0 Å². The molecule has 1 N–H and O–H groups in total. The normalized spacial score (nSPS) is 12.9. The second kappa shape index (κ2) is 5.88. The average Bonchev–Trinajstić information content (AvgIpc) is 3.20. The number of hydrogen-bond donors (Lipinski definition) is 1. The van der Waals surface area contributed by atoms with Crippen LogP contribution in [0.15, 0.2) is 48.7 Å². The highest BCUT2D eigenvalue weighted by molar-refractivity contribution is 5.57. The lowest BCUT2D eigenvalue weighted by Crippen LogP contribution is -2.05. The molecule has 0 unspecified atom stereocenters. The molecule has 0 saturated heterocycles. The van der Waals surface area contributed by atoms with Crippen molar-refractivity contribution in [1.82, 2.24) is 14.8 Å². The molecule has 0 fully saturated rings. The molecule has 0 amide bonds. The van der Waals surface area contributed by atoms with Crippen LogP contribution < -0.4 is 5.32 Å². The van der Waals surface area contributed by atoms with Crippen molar-refractivity contribution < 1.29 is 0 Å². The SMILES string of the molecule is CCc1ccc(-n2nc(Cc3ccccn3)c3c2NCC3)cc1. The van der Waals surface area contributed by atoms with Crippen LogP contribution in [0.2, 0.25) is 0 Å². The fourth-order valence-corrected chi connectivity index (χ4v) is 3.12. The summed E-state index contributed by atoms with van der Waals surface area (Å²) < 4.78 is 2.04. The summed E-state index contributed by atoms with van der Waals surface area (Å²) in [5.41, 5.74) is 5.98. The maximum atomic E-state index is 4.87. The molecule has 0 spiro atoms. The van der Waals surface area contributed by atoms with Crippen molar-refractivity contribution in [1.29, 1.82) is 0 Å². The second-order valence-electron chi connectivity index (χ2n) is 5.88. The van der Waals surface area contributed by atoms with E-state index in [-0.39, 0.29) is 0 Å². The van der Waals surface area contributed by atoms with Crippen LogP contribution >= 0.6 is 0 Å². The van der Waals surface area contributed by atoms with E-state index in [0.29, 0.717) is 0 Å². The topological polar surface area (TPSA) is 42.7 Å². The minimum atomic E-state index is 0.783. The van der Waals surface area contributed by atoms with Crippen molar-refractivity contribution in [2.75, 3.05) is 11.9 Å². The van der Waals surface area contributed by atoms with E-state index in [1.54, 1.807) is 0 Å². The fraction of sp³-hybridized carbons (Fsp3) is 0.263. The molecular weight excluding hydrogens is 284 g/mol. The monoisotopic (exact) mass is 304 g/mol. The van der Waals surface area contributed by atoms with Crippen molar-refractivity contribution in [2.45, 2.75) is 26.2 Å². The number of fused-ring (bicyclic) bond motifs is 1. The Labute approximate surface area is 136 Å². The van der Waals surface area contributed by atoms with Gasteiger partial charge in [0.05, 0.1) is 11.4 Å². The van der Waals surface area contributed by atoms with Crippen molar-refractivity contribution in [2.24, 2.45) is 0 Å². The smallest absolute Gasteiger partial charge is 0.133 e. The first-order chi connectivity index (χ1) is 11.3. The summed E-state index contributed by atoms with van der Waals surface area (Å²) in [6.07, 6.45) is 4.71. The van der Waals surface area contributed by atoms with Gasteiger partial charge in [-0.25, -0.2) is 4.68 Å². The summed E-state index contributed by atoms with van der Waals surface area (Å²) in [6, 6.07) is 14.7. The zero-order valence-electron chi connectivity index (χ0n) is 13.3. The molecule has 0 atom stereocenters. The quantitative estimate of drug-likeness (QED) is 0.803. The molecule has 4 nitrogen and oxygen atoms in total. The molecule has 0 bridgehead atoms. The summed E-state index contributed by atoms with van der Waals surface area (Å²) in [5.74, 6) is 1.14. The summed E-state index contributed by atoms with van der Waals surface area (Å²) in [4.78, 5) is 4.43. The Hall–Kier alpha value is -2.62. The number of nitrogens with one attached hydrogen (secondary N) is 1. The van der Waals surface area contributed by atoms with Crippen LogP contribution in [0.5, 0.6) is 0 Å². The minimum absolute atomic E-state index is 0.783. The Bertz CT molecular complexity index is 803. The predicted molar refractivity (Wildman–Crippen MR) is 92.2 cm³/mol. The number of nitrogens with zero attached hydrogens (tertiary/aromatic N) is 3. The van der Waals surface area contributed by atoms with Gasteiger partial charge in [0.15, 0.2) is 0 Å². The first-order valence-corrected chi connectivity index (χ1v) is 8.19. The van der Waals surface area contributed by atoms with Crippen LogP contribution in [0.1, 0.15) is 29.4 Å². The lowest BCUT2D eigenvalue weighted by Gasteiger charge is -2.07. The highest BCUT2D eigenvalue weighted by Crippen LogP contribution is 2.29. The molecule has 1 aliphatic rings. The number of aromatic nitrogens is 3. The lowest BCUT2D eigenvalue weighted by atomic mass is 10.1. The average molecular weight is 304 g/mol. The zero-order chi connectivity index (χ0) is 15.6. The number of anilines is 1. The Balaban J connectivity index is 1.72.